The van der Waals surface area contributed by atoms with E-state index in [4.69, 9.17) is 5.26 Å². The van der Waals surface area contributed by atoms with Gasteiger partial charge in [-0.15, -0.1) is 0 Å². The molecule has 0 atom stereocenters. The minimum atomic E-state index is 0.760. The van der Waals surface area contributed by atoms with Crippen molar-refractivity contribution >= 4 is 5.69 Å². The summed E-state index contributed by atoms with van der Waals surface area (Å²) in [5.41, 5.74) is 4.74. The van der Waals surface area contributed by atoms with Gasteiger partial charge in [-0.05, 0) is 30.7 Å². The maximum Gasteiger partial charge on any atom is 0.103 e. The van der Waals surface area contributed by atoms with E-state index in [1.807, 2.05) is 18.2 Å². The molecule has 2 aromatic rings. The van der Waals surface area contributed by atoms with Crippen LogP contribution in [-0.2, 0) is 6.54 Å². The summed E-state index contributed by atoms with van der Waals surface area (Å²) in [6, 6.07) is 18.8. The summed E-state index contributed by atoms with van der Waals surface area (Å²) < 4.78 is 0. The zero-order chi connectivity index (χ0) is 15.4. The van der Waals surface area contributed by atoms with E-state index >= 15 is 0 Å². The smallest absolute Gasteiger partial charge is 0.103 e. The molecular weight excluding hydrogens is 270 g/mol. The maximum atomic E-state index is 8.99. The molecule has 1 N–H and O–H groups in total. The van der Waals surface area contributed by atoms with Gasteiger partial charge in [0.05, 0.1) is 37.8 Å². The quantitative estimate of drug-likeness (QED) is 0.935. The van der Waals surface area contributed by atoms with Crippen molar-refractivity contribution in [2.45, 2.75) is 13.5 Å². The summed E-state index contributed by atoms with van der Waals surface area (Å²) in [4.78, 5) is 4.09. The van der Waals surface area contributed by atoms with Crippen LogP contribution in [-0.4, -0.2) is 26.2 Å². The molecule has 0 saturated carbocycles. The van der Waals surface area contributed by atoms with Gasteiger partial charge >= 0.3 is 0 Å². The molecule has 22 heavy (non-hydrogen) atoms. The molecule has 0 bridgehead atoms. The molecule has 0 amide bonds. The first-order chi connectivity index (χ1) is 10.8. The molecule has 112 valence electrons. The van der Waals surface area contributed by atoms with E-state index in [1.165, 1.54) is 16.8 Å². The number of aryl methyl sites for hydroxylation is 1. The zero-order valence-corrected chi connectivity index (χ0v) is 13.0. The predicted octanol–water partition coefficient (Wildman–Crippen LogP) is 1.77. The maximum absolute atomic E-state index is 8.99. The molecule has 1 aliphatic heterocycles. The number of nitriles is 1. The van der Waals surface area contributed by atoms with Gasteiger partial charge in [0.2, 0.25) is 0 Å². The van der Waals surface area contributed by atoms with Gasteiger partial charge in [-0.25, -0.2) is 0 Å². The summed E-state index contributed by atoms with van der Waals surface area (Å²) >= 11 is 0. The van der Waals surface area contributed by atoms with Gasteiger partial charge in [0, 0.05) is 11.3 Å². The van der Waals surface area contributed by atoms with Crippen molar-refractivity contribution in [1.29, 1.82) is 5.26 Å². The van der Waals surface area contributed by atoms with Crippen molar-refractivity contribution in [3.05, 3.63) is 65.2 Å². The van der Waals surface area contributed by atoms with Gasteiger partial charge in [0.15, 0.2) is 0 Å². The molecule has 0 unspecified atom stereocenters. The van der Waals surface area contributed by atoms with Crippen molar-refractivity contribution < 1.29 is 4.90 Å². The Morgan fingerprint density at radius 3 is 2.59 bits per heavy atom. The summed E-state index contributed by atoms with van der Waals surface area (Å²) in [7, 11) is 0. The third-order valence-electron chi connectivity index (χ3n) is 4.44. The Kier molecular flexibility index (Phi) is 4.41. The monoisotopic (exact) mass is 292 g/mol. The van der Waals surface area contributed by atoms with Crippen molar-refractivity contribution in [2.24, 2.45) is 0 Å². The van der Waals surface area contributed by atoms with Gasteiger partial charge in [-0.1, -0.05) is 30.3 Å². The normalized spacial score (nSPS) is 15.5. The van der Waals surface area contributed by atoms with Crippen molar-refractivity contribution in [1.82, 2.24) is 0 Å². The van der Waals surface area contributed by atoms with Crippen LogP contribution >= 0.6 is 0 Å². The molecule has 1 fully saturated rings. The summed E-state index contributed by atoms with van der Waals surface area (Å²) in [6.07, 6.45) is 0. The highest BCUT2D eigenvalue weighted by molar-refractivity contribution is 5.53. The van der Waals surface area contributed by atoms with E-state index < -0.39 is 0 Å². The number of anilines is 1. The SMILES string of the molecule is Cc1ccccc1N1CC[NH+](Cc2cccc(C#N)c2)CC1. The molecule has 2 aromatic carbocycles. The molecule has 3 nitrogen and oxygen atoms in total. The molecule has 0 spiro atoms. The van der Waals surface area contributed by atoms with Gasteiger partial charge in [0.1, 0.15) is 6.54 Å². The first kappa shape index (κ1) is 14.6. The average molecular weight is 292 g/mol. The minimum Gasteiger partial charge on any atom is -0.360 e. The lowest BCUT2D eigenvalue weighted by atomic mass is 10.1. The van der Waals surface area contributed by atoms with Crippen LogP contribution in [0.15, 0.2) is 48.5 Å². The van der Waals surface area contributed by atoms with Gasteiger partial charge in [0.25, 0.3) is 0 Å². The Morgan fingerprint density at radius 1 is 1.09 bits per heavy atom. The topological polar surface area (TPSA) is 31.5 Å². The van der Waals surface area contributed by atoms with Gasteiger partial charge < -0.3 is 9.80 Å². The fourth-order valence-corrected chi connectivity index (χ4v) is 3.20. The first-order valence-electron chi connectivity index (χ1n) is 7.89. The number of nitrogens with zero attached hydrogens (tertiary/aromatic N) is 2. The van der Waals surface area contributed by atoms with Crippen LogP contribution in [0.25, 0.3) is 0 Å². The highest BCUT2D eigenvalue weighted by Gasteiger charge is 2.21. The number of quaternary nitrogens is 1. The van der Waals surface area contributed by atoms with E-state index in [2.05, 4.69) is 48.2 Å². The van der Waals surface area contributed by atoms with Crippen LogP contribution in [0.3, 0.4) is 0 Å². The molecule has 3 rings (SSSR count). The third kappa shape index (κ3) is 3.29. The van der Waals surface area contributed by atoms with E-state index in [1.54, 1.807) is 4.90 Å². The molecular formula is C19H22N3+. The van der Waals surface area contributed by atoms with Gasteiger partial charge in [-0.2, -0.15) is 5.26 Å². The molecule has 3 heteroatoms. The third-order valence-corrected chi connectivity index (χ3v) is 4.44. The van der Waals surface area contributed by atoms with E-state index in [9.17, 15) is 0 Å². The Hall–Kier alpha value is -2.31. The van der Waals surface area contributed by atoms with Gasteiger partial charge in [-0.3, -0.25) is 0 Å². The van der Waals surface area contributed by atoms with Crippen LogP contribution in [0.4, 0.5) is 5.69 Å². The van der Waals surface area contributed by atoms with Crippen molar-refractivity contribution in [3.8, 4) is 6.07 Å². The Bertz CT molecular complexity index is 679. The van der Waals surface area contributed by atoms with Crippen LogP contribution < -0.4 is 9.80 Å². The molecule has 0 aromatic heterocycles. The summed E-state index contributed by atoms with van der Waals surface area (Å²) in [6.45, 7) is 7.67. The molecule has 1 saturated heterocycles. The lowest BCUT2D eigenvalue weighted by molar-refractivity contribution is -0.914. The Morgan fingerprint density at radius 2 is 1.86 bits per heavy atom. The number of hydrogen-bond donors (Lipinski definition) is 1. The van der Waals surface area contributed by atoms with E-state index in [0.29, 0.717) is 0 Å². The lowest BCUT2D eigenvalue weighted by Gasteiger charge is -2.34. The Balaban J connectivity index is 1.60. The minimum absolute atomic E-state index is 0.760. The van der Waals surface area contributed by atoms with Crippen LogP contribution in [0.5, 0.6) is 0 Å². The lowest BCUT2D eigenvalue weighted by Crippen LogP contribution is -3.13. The highest BCUT2D eigenvalue weighted by atomic mass is 15.3. The number of rotatable bonds is 3. The number of piperazine rings is 1. The molecule has 1 heterocycles. The number of hydrogen-bond acceptors (Lipinski definition) is 2. The van der Waals surface area contributed by atoms with Crippen LogP contribution in [0, 0.1) is 18.3 Å². The second kappa shape index (κ2) is 6.64. The fraction of sp³-hybridized carbons (Fsp3) is 0.316. The highest BCUT2D eigenvalue weighted by Crippen LogP contribution is 2.18. The second-order valence-electron chi connectivity index (χ2n) is 6.01. The predicted molar refractivity (Wildman–Crippen MR) is 88.9 cm³/mol. The number of benzene rings is 2. The van der Waals surface area contributed by atoms with Crippen molar-refractivity contribution in [2.75, 3.05) is 31.1 Å². The molecule has 1 aliphatic rings. The average Bonchev–Trinajstić information content (AvgIpc) is 2.56. The standard InChI is InChI=1S/C19H21N3/c1-16-5-2-3-8-19(16)22-11-9-21(10-12-22)15-18-7-4-6-17(13-18)14-20/h2-8,13H,9-12,15H2,1H3/p+1. The number of nitrogens with one attached hydrogen (secondary N) is 1. The largest absolute Gasteiger partial charge is 0.360 e. The van der Waals surface area contributed by atoms with Crippen molar-refractivity contribution in [3.63, 3.8) is 0 Å². The Labute approximate surface area is 132 Å². The van der Waals surface area contributed by atoms with E-state index in [-0.39, 0.29) is 0 Å². The zero-order valence-electron chi connectivity index (χ0n) is 13.0. The second-order valence-corrected chi connectivity index (χ2v) is 6.01. The summed E-state index contributed by atoms with van der Waals surface area (Å²) in [5, 5.41) is 8.99. The first-order valence-corrected chi connectivity index (χ1v) is 7.89. The fourth-order valence-electron chi connectivity index (χ4n) is 3.20. The molecule has 0 radical (unpaired) electrons. The number of para-hydroxylation sites is 1. The van der Waals surface area contributed by atoms with Crippen LogP contribution in [0.1, 0.15) is 16.7 Å². The van der Waals surface area contributed by atoms with E-state index in [0.717, 1.165) is 38.3 Å². The van der Waals surface area contributed by atoms with Crippen LogP contribution in [0.2, 0.25) is 0 Å². The summed E-state index contributed by atoms with van der Waals surface area (Å²) in [5.74, 6) is 0. The molecule has 0 aliphatic carbocycles.